The van der Waals surface area contributed by atoms with Crippen molar-refractivity contribution >= 4 is 91.6 Å². The highest BCUT2D eigenvalue weighted by atomic mass is 32.2. The first kappa shape index (κ1) is 33.3. The Hall–Kier alpha value is -4.62. The van der Waals surface area contributed by atoms with Crippen LogP contribution in [0.1, 0.15) is 12.8 Å². The van der Waals surface area contributed by atoms with Crippen molar-refractivity contribution in [2.75, 3.05) is 23.7 Å². The minimum Gasteiger partial charge on any atom is -0.326 e. The lowest BCUT2D eigenvalue weighted by molar-refractivity contribution is -0.125. The monoisotopic (exact) mass is 708 g/mol. The van der Waals surface area contributed by atoms with Gasteiger partial charge in [-0.1, -0.05) is 133 Å². The number of nitrogens with one attached hydrogen (secondary N) is 2. The third-order valence-electron chi connectivity index (χ3n) is 7.58. The van der Waals surface area contributed by atoms with Gasteiger partial charge < -0.3 is 10.6 Å². The molecule has 6 rings (SSSR count). The zero-order chi connectivity index (χ0) is 33.6. The van der Waals surface area contributed by atoms with E-state index in [0.29, 0.717) is 11.4 Å². The van der Waals surface area contributed by atoms with Gasteiger partial charge >= 0.3 is 0 Å². The highest BCUT2D eigenvalue weighted by molar-refractivity contribution is 8.29. The molecule has 2 N–H and O–H groups in total. The van der Waals surface area contributed by atoms with Gasteiger partial charge in [0.2, 0.25) is 11.8 Å². The first-order chi connectivity index (χ1) is 23.3. The smallest absolute Gasteiger partial charge is 0.267 e. The second-order valence-corrected chi connectivity index (χ2v) is 14.1. The Kier molecular flexibility index (Phi) is 10.5. The summed E-state index contributed by atoms with van der Waals surface area (Å²) >= 11 is 12.9. The van der Waals surface area contributed by atoms with Gasteiger partial charge in [-0.05, 0) is 46.5 Å². The highest BCUT2D eigenvalue weighted by Crippen LogP contribution is 2.42. The summed E-state index contributed by atoms with van der Waals surface area (Å²) in [5.41, 5.74) is 5.50. The molecule has 0 bridgehead atoms. The van der Waals surface area contributed by atoms with E-state index in [2.05, 4.69) is 10.6 Å². The van der Waals surface area contributed by atoms with Crippen molar-refractivity contribution in [3.05, 3.63) is 119 Å². The third-order valence-corrected chi connectivity index (χ3v) is 10.6. The summed E-state index contributed by atoms with van der Waals surface area (Å²) in [6.07, 6.45) is 0.0381. The van der Waals surface area contributed by atoms with Crippen LogP contribution in [0.25, 0.3) is 22.3 Å². The summed E-state index contributed by atoms with van der Waals surface area (Å²) in [6.45, 7) is 0.129. The van der Waals surface area contributed by atoms with Crippen LogP contribution in [0.2, 0.25) is 0 Å². The van der Waals surface area contributed by atoms with Gasteiger partial charge in [0.15, 0.2) is 0 Å². The second-order valence-electron chi connectivity index (χ2n) is 10.8. The van der Waals surface area contributed by atoms with Gasteiger partial charge in [0, 0.05) is 37.3 Å². The van der Waals surface area contributed by atoms with E-state index >= 15 is 0 Å². The van der Waals surface area contributed by atoms with Crippen molar-refractivity contribution in [2.45, 2.75) is 12.8 Å². The molecule has 0 saturated carbocycles. The van der Waals surface area contributed by atoms with E-state index in [0.717, 1.165) is 45.8 Å². The zero-order valence-corrected chi connectivity index (χ0v) is 28.6. The Morgan fingerprint density at radius 3 is 1.21 bits per heavy atom. The van der Waals surface area contributed by atoms with E-state index in [1.165, 1.54) is 9.80 Å². The van der Waals surface area contributed by atoms with Crippen LogP contribution in [0, 0.1) is 0 Å². The van der Waals surface area contributed by atoms with Crippen LogP contribution < -0.4 is 10.6 Å². The summed E-state index contributed by atoms with van der Waals surface area (Å²) in [6, 6.07) is 34.9. The molecule has 48 heavy (non-hydrogen) atoms. The molecule has 2 aliphatic rings. The van der Waals surface area contributed by atoms with Gasteiger partial charge in [-0.3, -0.25) is 29.0 Å². The SMILES string of the molecule is O=C(CCN1C(=O)C(=C2SC(=S)N(CCC(=O)Nc3ccc(-c4ccccc4)cc3)C2=O)SC1=S)Nc1ccc(-c2ccccc2)cc1. The Morgan fingerprint density at radius 2 is 0.854 bits per heavy atom. The second kappa shape index (κ2) is 15.1. The third kappa shape index (κ3) is 7.74. The normalized spacial score (nSPS) is 16.1. The molecular weight excluding hydrogens is 681 g/mol. The van der Waals surface area contributed by atoms with Crippen LogP contribution in [0.15, 0.2) is 119 Å². The van der Waals surface area contributed by atoms with Gasteiger partial charge in [-0.2, -0.15) is 0 Å². The topological polar surface area (TPSA) is 98.8 Å². The lowest BCUT2D eigenvalue weighted by atomic mass is 10.1. The van der Waals surface area contributed by atoms with E-state index in [9.17, 15) is 19.2 Å². The maximum atomic E-state index is 13.3. The number of anilines is 2. The Balaban J connectivity index is 1.00. The molecule has 12 heteroatoms. The van der Waals surface area contributed by atoms with Crippen LogP contribution in [-0.4, -0.2) is 55.2 Å². The van der Waals surface area contributed by atoms with E-state index in [1.54, 1.807) is 0 Å². The van der Waals surface area contributed by atoms with Crippen molar-refractivity contribution < 1.29 is 19.2 Å². The number of benzene rings is 4. The average Bonchev–Trinajstić information content (AvgIpc) is 3.55. The fourth-order valence-corrected chi connectivity index (χ4v) is 7.85. The molecule has 4 amide bonds. The minimum atomic E-state index is -0.442. The zero-order valence-electron chi connectivity index (χ0n) is 25.4. The number of rotatable bonds is 10. The van der Waals surface area contributed by atoms with E-state index in [1.807, 2.05) is 109 Å². The van der Waals surface area contributed by atoms with Crippen LogP contribution in [0.4, 0.5) is 11.4 Å². The lowest BCUT2D eigenvalue weighted by Crippen LogP contribution is -2.33. The first-order valence-electron chi connectivity index (χ1n) is 15.0. The number of hydrogen-bond acceptors (Lipinski definition) is 8. The van der Waals surface area contributed by atoms with Gasteiger partial charge in [0.1, 0.15) is 8.64 Å². The minimum absolute atomic E-state index is 0.0191. The molecule has 0 atom stereocenters. The van der Waals surface area contributed by atoms with Gasteiger partial charge in [0.05, 0.1) is 9.81 Å². The van der Waals surface area contributed by atoms with Gasteiger partial charge in [-0.25, -0.2) is 0 Å². The first-order valence-corrected chi connectivity index (χ1v) is 17.4. The van der Waals surface area contributed by atoms with Crippen molar-refractivity contribution in [1.29, 1.82) is 0 Å². The molecule has 240 valence electrons. The van der Waals surface area contributed by atoms with Crippen LogP contribution in [0.5, 0.6) is 0 Å². The van der Waals surface area contributed by atoms with Crippen molar-refractivity contribution in [3.8, 4) is 22.3 Å². The largest absolute Gasteiger partial charge is 0.326 e. The van der Waals surface area contributed by atoms with Crippen molar-refractivity contribution in [3.63, 3.8) is 0 Å². The van der Waals surface area contributed by atoms with E-state index in [4.69, 9.17) is 24.4 Å². The fraction of sp³-hybridized carbons (Fsp3) is 0.111. The molecule has 2 heterocycles. The number of hydrogen-bond donors (Lipinski definition) is 2. The maximum absolute atomic E-state index is 13.3. The molecule has 0 aromatic heterocycles. The quantitative estimate of drug-likeness (QED) is 0.131. The predicted molar refractivity (Wildman–Crippen MR) is 201 cm³/mol. The molecule has 2 saturated heterocycles. The molecule has 8 nitrogen and oxygen atoms in total. The molecule has 2 fully saturated rings. The maximum Gasteiger partial charge on any atom is 0.267 e. The van der Waals surface area contributed by atoms with Crippen molar-refractivity contribution in [2.24, 2.45) is 0 Å². The number of thiocarbonyl (C=S) groups is 2. The Bertz CT molecular complexity index is 1790. The summed E-state index contributed by atoms with van der Waals surface area (Å²) < 4.78 is 0.524. The molecule has 0 spiro atoms. The van der Waals surface area contributed by atoms with Gasteiger partial charge in [0.25, 0.3) is 11.8 Å². The lowest BCUT2D eigenvalue weighted by Gasteiger charge is -2.15. The van der Waals surface area contributed by atoms with Crippen LogP contribution in [0.3, 0.4) is 0 Å². The van der Waals surface area contributed by atoms with Crippen LogP contribution in [-0.2, 0) is 19.2 Å². The fourth-order valence-electron chi connectivity index (χ4n) is 5.08. The highest BCUT2D eigenvalue weighted by Gasteiger charge is 2.42. The Morgan fingerprint density at radius 1 is 0.521 bits per heavy atom. The molecular formula is C36H28N4O4S4. The van der Waals surface area contributed by atoms with Gasteiger partial charge in [-0.15, -0.1) is 0 Å². The molecule has 4 aromatic rings. The molecule has 0 radical (unpaired) electrons. The number of thioether (sulfide) groups is 2. The molecule has 0 aliphatic carbocycles. The van der Waals surface area contributed by atoms with Crippen LogP contribution >= 0.6 is 48.0 Å². The van der Waals surface area contributed by atoms with Crippen molar-refractivity contribution in [1.82, 2.24) is 9.80 Å². The number of nitrogens with zero attached hydrogens (tertiary/aromatic N) is 2. The predicted octanol–water partition coefficient (Wildman–Crippen LogP) is 7.31. The van der Waals surface area contributed by atoms with E-state index in [-0.39, 0.29) is 56.2 Å². The average molecular weight is 709 g/mol. The number of carbonyl (C=O) groups excluding carboxylic acids is 4. The molecule has 0 unspecified atom stereocenters. The summed E-state index contributed by atoms with van der Waals surface area (Å²) in [4.78, 5) is 55.1. The summed E-state index contributed by atoms with van der Waals surface area (Å²) in [5, 5.41) is 5.71. The standard InChI is InChI=1S/C36H28N4O4S4/c41-29(37-27-15-11-25(12-16-27)23-7-3-1-4-8-23)19-21-39-33(43)31(47-35(39)45)32-34(44)40(36(46)48-32)22-20-30(42)38-28-17-13-26(14-18-28)24-9-5-2-6-10-24/h1-18H,19-22H2,(H,37,41)(H,38,42). The summed E-state index contributed by atoms with van der Waals surface area (Å²) in [5.74, 6) is -1.43. The number of carbonyl (C=O) groups is 4. The molecule has 4 aromatic carbocycles. The summed E-state index contributed by atoms with van der Waals surface area (Å²) in [7, 11) is 0. The Labute approximate surface area is 297 Å². The van der Waals surface area contributed by atoms with E-state index < -0.39 is 11.8 Å². The number of amides is 4. The molecule has 2 aliphatic heterocycles.